The molecule has 2 aromatic carbocycles. The summed E-state index contributed by atoms with van der Waals surface area (Å²) < 4.78 is 17.7. The maximum absolute atomic E-state index is 5.64. The smallest absolute Gasteiger partial charge is 0.264 e. The third-order valence-corrected chi connectivity index (χ3v) is 3.76. The summed E-state index contributed by atoms with van der Waals surface area (Å²) >= 11 is 0. The average Bonchev–Trinajstić information content (AvgIpc) is 3.27. The van der Waals surface area contributed by atoms with Crippen LogP contribution in [0, 0.1) is 0 Å². The van der Waals surface area contributed by atoms with Gasteiger partial charge in [0.15, 0.2) is 6.61 Å². The number of fused-ring (bicyclic) bond motifs is 1. The molecule has 0 unspecified atom stereocenters. The number of hydrogen-bond donors (Lipinski definition) is 0. The van der Waals surface area contributed by atoms with Crippen LogP contribution < -0.4 is 9.47 Å². The minimum atomic E-state index is 0.189. The summed E-state index contributed by atoms with van der Waals surface area (Å²) in [5, 5.41) is 12.0. The lowest BCUT2D eigenvalue weighted by Gasteiger charge is -2.04. The summed E-state index contributed by atoms with van der Waals surface area (Å²) in [6.45, 7) is 0.189. The SMILES string of the molecule is COc1ccc(OCc2nc(-c3ccc4nnn(C)c4c3)no2)cc1. The second-order valence-corrected chi connectivity index (χ2v) is 5.39. The zero-order valence-corrected chi connectivity index (χ0v) is 13.7. The number of ether oxygens (including phenoxy) is 2. The van der Waals surface area contributed by atoms with Crippen molar-refractivity contribution < 1.29 is 14.0 Å². The topological polar surface area (TPSA) is 88.1 Å². The number of methoxy groups -OCH3 is 1. The van der Waals surface area contributed by atoms with Crippen molar-refractivity contribution in [2.45, 2.75) is 6.61 Å². The van der Waals surface area contributed by atoms with Crippen LogP contribution in [-0.2, 0) is 13.7 Å². The fourth-order valence-electron chi connectivity index (χ4n) is 2.42. The van der Waals surface area contributed by atoms with Crippen LogP contribution in [0.3, 0.4) is 0 Å². The van der Waals surface area contributed by atoms with E-state index in [0.717, 1.165) is 22.3 Å². The predicted octanol–water partition coefficient (Wildman–Crippen LogP) is 2.61. The highest BCUT2D eigenvalue weighted by Gasteiger charge is 2.11. The van der Waals surface area contributed by atoms with Crippen molar-refractivity contribution in [2.24, 2.45) is 7.05 Å². The van der Waals surface area contributed by atoms with E-state index in [9.17, 15) is 0 Å². The van der Waals surface area contributed by atoms with Gasteiger partial charge >= 0.3 is 0 Å². The van der Waals surface area contributed by atoms with Gasteiger partial charge in [-0.05, 0) is 42.5 Å². The van der Waals surface area contributed by atoms with E-state index in [0.29, 0.717) is 17.5 Å². The van der Waals surface area contributed by atoms with Crippen molar-refractivity contribution in [1.82, 2.24) is 25.1 Å². The molecule has 8 heteroatoms. The first kappa shape index (κ1) is 15.1. The van der Waals surface area contributed by atoms with Crippen molar-refractivity contribution in [1.29, 1.82) is 0 Å². The molecule has 4 aromatic rings. The second-order valence-electron chi connectivity index (χ2n) is 5.39. The van der Waals surface area contributed by atoms with E-state index in [1.807, 2.05) is 49.5 Å². The molecule has 8 nitrogen and oxygen atoms in total. The van der Waals surface area contributed by atoms with Gasteiger partial charge in [0.05, 0.1) is 12.6 Å². The zero-order valence-electron chi connectivity index (χ0n) is 13.7. The van der Waals surface area contributed by atoms with Crippen LogP contribution in [0.4, 0.5) is 0 Å². The number of benzene rings is 2. The Hall–Kier alpha value is -3.42. The van der Waals surface area contributed by atoms with Gasteiger partial charge < -0.3 is 14.0 Å². The van der Waals surface area contributed by atoms with E-state index in [4.69, 9.17) is 14.0 Å². The first-order valence-corrected chi connectivity index (χ1v) is 7.62. The number of hydrogen-bond acceptors (Lipinski definition) is 7. The highest BCUT2D eigenvalue weighted by Crippen LogP contribution is 2.22. The highest BCUT2D eigenvalue weighted by atomic mass is 16.5. The Morgan fingerprint density at radius 2 is 1.88 bits per heavy atom. The Labute approximate surface area is 143 Å². The Bertz CT molecular complexity index is 1010. The van der Waals surface area contributed by atoms with Gasteiger partial charge in [-0.2, -0.15) is 4.98 Å². The number of rotatable bonds is 5. The molecule has 0 bridgehead atoms. The van der Waals surface area contributed by atoms with Crippen LogP contribution in [0.2, 0.25) is 0 Å². The summed E-state index contributed by atoms with van der Waals surface area (Å²) in [5.74, 6) is 2.36. The van der Waals surface area contributed by atoms with Gasteiger partial charge in [-0.15, -0.1) is 5.10 Å². The third-order valence-electron chi connectivity index (χ3n) is 3.76. The minimum Gasteiger partial charge on any atom is -0.497 e. The minimum absolute atomic E-state index is 0.189. The van der Waals surface area contributed by atoms with Crippen LogP contribution in [-0.4, -0.2) is 32.2 Å². The maximum atomic E-state index is 5.64. The molecule has 0 saturated heterocycles. The maximum Gasteiger partial charge on any atom is 0.264 e. The molecule has 0 spiro atoms. The first-order valence-electron chi connectivity index (χ1n) is 7.62. The van der Waals surface area contributed by atoms with Crippen molar-refractivity contribution >= 4 is 11.0 Å². The quantitative estimate of drug-likeness (QED) is 0.553. The number of aryl methyl sites for hydroxylation is 1. The molecule has 126 valence electrons. The molecule has 0 amide bonds. The van der Waals surface area contributed by atoms with Gasteiger partial charge in [0.2, 0.25) is 5.82 Å². The molecular weight excluding hydrogens is 322 g/mol. The Balaban J connectivity index is 1.49. The molecule has 0 atom stereocenters. The normalized spacial score (nSPS) is 11.0. The molecule has 0 saturated carbocycles. The molecule has 0 fully saturated rings. The second kappa shape index (κ2) is 6.23. The summed E-state index contributed by atoms with van der Waals surface area (Å²) in [6, 6.07) is 13.0. The molecule has 0 aliphatic carbocycles. The third kappa shape index (κ3) is 3.01. The first-order chi connectivity index (χ1) is 12.2. The lowest BCUT2D eigenvalue weighted by molar-refractivity contribution is 0.242. The molecule has 0 radical (unpaired) electrons. The van der Waals surface area contributed by atoms with Crippen molar-refractivity contribution in [3.05, 3.63) is 48.4 Å². The van der Waals surface area contributed by atoms with Crippen LogP contribution >= 0.6 is 0 Å². The number of aromatic nitrogens is 5. The lowest BCUT2D eigenvalue weighted by atomic mass is 10.2. The number of nitrogens with zero attached hydrogens (tertiary/aromatic N) is 5. The molecule has 25 heavy (non-hydrogen) atoms. The van der Waals surface area contributed by atoms with E-state index in [1.54, 1.807) is 11.8 Å². The summed E-state index contributed by atoms with van der Waals surface area (Å²) in [4.78, 5) is 4.37. The molecule has 2 aromatic heterocycles. The molecule has 2 heterocycles. The van der Waals surface area contributed by atoms with E-state index in [-0.39, 0.29) is 6.61 Å². The largest absolute Gasteiger partial charge is 0.497 e. The van der Waals surface area contributed by atoms with Gasteiger partial charge in [0, 0.05) is 12.6 Å². The van der Waals surface area contributed by atoms with Crippen LogP contribution in [0.5, 0.6) is 11.5 Å². The van der Waals surface area contributed by atoms with Gasteiger partial charge in [-0.25, -0.2) is 4.68 Å². The fourth-order valence-corrected chi connectivity index (χ4v) is 2.42. The molecule has 4 rings (SSSR count). The van der Waals surface area contributed by atoms with Gasteiger partial charge in [-0.3, -0.25) is 0 Å². The van der Waals surface area contributed by atoms with Gasteiger partial charge in [0.25, 0.3) is 5.89 Å². The van der Waals surface area contributed by atoms with E-state index in [2.05, 4.69) is 20.5 Å². The fraction of sp³-hybridized carbons (Fsp3) is 0.176. The van der Waals surface area contributed by atoms with Crippen molar-refractivity contribution in [2.75, 3.05) is 7.11 Å². The summed E-state index contributed by atoms with van der Waals surface area (Å²) in [6.07, 6.45) is 0. The molecule has 0 aliphatic rings. The molecular formula is C17H15N5O3. The Kier molecular flexibility index (Phi) is 3.77. The Morgan fingerprint density at radius 3 is 2.68 bits per heavy atom. The van der Waals surface area contributed by atoms with Crippen LogP contribution in [0.25, 0.3) is 22.4 Å². The van der Waals surface area contributed by atoms with E-state index >= 15 is 0 Å². The monoisotopic (exact) mass is 337 g/mol. The predicted molar refractivity (Wildman–Crippen MR) is 89.1 cm³/mol. The van der Waals surface area contributed by atoms with Crippen molar-refractivity contribution in [3.8, 4) is 22.9 Å². The summed E-state index contributed by atoms with van der Waals surface area (Å²) in [7, 11) is 3.46. The summed E-state index contributed by atoms with van der Waals surface area (Å²) in [5.41, 5.74) is 2.55. The van der Waals surface area contributed by atoms with Gasteiger partial charge in [-0.1, -0.05) is 10.4 Å². The van der Waals surface area contributed by atoms with Crippen LogP contribution in [0.1, 0.15) is 5.89 Å². The van der Waals surface area contributed by atoms with Crippen molar-refractivity contribution in [3.63, 3.8) is 0 Å². The molecule has 0 N–H and O–H groups in total. The average molecular weight is 337 g/mol. The van der Waals surface area contributed by atoms with Crippen LogP contribution in [0.15, 0.2) is 47.0 Å². The van der Waals surface area contributed by atoms with E-state index in [1.165, 1.54) is 0 Å². The Morgan fingerprint density at radius 1 is 1.08 bits per heavy atom. The standard InChI is InChI=1S/C17H15N5O3/c1-22-15-9-11(3-8-14(15)19-21-22)17-18-16(25-20-17)10-24-13-6-4-12(23-2)5-7-13/h3-9H,10H2,1-2H3. The highest BCUT2D eigenvalue weighted by molar-refractivity contribution is 5.79. The lowest BCUT2D eigenvalue weighted by Crippen LogP contribution is -1.96. The molecule has 0 aliphatic heterocycles. The van der Waals surface area contributed by atoms with Gasteiger partial charge in [0.1, 0.15) is 17.0 Å². The van der Waals surface area contributed by atoms with E-state index < -0.39 is 0 Å². The zero-order chi connectivity index (χ0) is 17.2.